The fourth-order valence-electron chi connectivity index (χ4n) is 2.28. The van der Waals surface area contributed by atoms with Gasteiger partial charge in [0.15, 0.2) is 0 Å². The van der Waals surface area contributed by atoms with Crippen molar-refractivity contribution in [2.75, 3.05) is 0 Å². The molecule has 0 radical (unpaired) electrons. The maximum atomic E-state index is 13.7. The zero-order valence-corrected chi connectivity index (χ0v) is 13.5. The Labute approximate surface area is 145 Å². The summed E-state index contributed by atoms with van der Waals surface area (Å²) in [4.78, 5) is 9.42. The van der Waals surface area contributed by atoms with E-state index in [4.69, 9.17) is 11.3 Å². The van der Waals surface area contributed by atoms with E-state index in [1.54, 1.807) is 30.7 Å². The summed E-state index contributed by atoms with van der Waals surface area (Å²) >= 11 is 0. The van der Waals surface area contributed by atoms with Crippen molar-refractivity contribution in [3.8, 4) is 12.3 Å². The lowest BCUT2D eigenvalue weighted by Gasteiger charge is -2.09. The minimum atomic E-state index is -0.313. The average Bonchev–Trinajstić information content (AvgIpc) is 3.16. The average molecular weight is 333 g/mol. The molecule has 1 heterocycles. The van der Waals surface area contributed by atoms with Gasteiger partial charge in [0.25, 0.3) is 0 Å². The topological polar surface area (TPSA) is 39.4 Å². The summed E-state index contributed by atoms with van der Waals surface area (Å²) in [6.45, 7) is 0.537. The molecule has 124 valence electrons. The van der Waals surface area contributed by atoms with E-state index in [1.807, 2.05) is 35.0 Å². The van der Waals surface area contributed by atoms with E-state index in [1.165, 1.54) is 6.07 Å². The van der Waals surface area contributed by atoms with Crippen LogP contribution in [0.15, 0.2) is 72.4 Å². The predicted octanol–water partition coefficient (Wildman–Crippen LogP) is 3.62. The first-order chi connectivity index (χ1) is 12.3. The highest BCUT2D eigenvalue weighted by Gasteiger charge is 2.07. The molecule has 3 aromatic rings. The van der Waals surface area contributed by atoms with Crippen molar-refractivity contribution in [1.29, 1.82) is 0 Å². The molecule has 0 atom stereocenters. The highest BCUT2D eigenvalue weighted by Crippen LogP contribution is 2.10. The molecule has 2 aromatic carbocycles. The van der Waals surface area contributed by atoms with Crippen molar-refractivity contribution < 1.29 is 9.23 Å². The number of rotatable bonds is 6. The van der Waals surface area contributed by atoms with Gasteiger partial charge in [0.1, 0.15) is 18.1 Å². The molecule has 0 bridgehead atoms. The van der Waals surface area contributed by atoms with Crippen molar-refractivity contribution in [3.05, 3.63) is 89.8 Å². The maximum Gasteiger partial charge on any atom is 0.145 e. The number of hydrogen-bond donors (Lipinski definition) is 0. The standard InChI is InChI=1S/C20H16FN3O/c1-2-16-7-9-17(10-8-16)20(13-24-12-11-22-15-24)23-25-14-18-5-3-4-6-19(18)21/h1,3-12,15H,13-14H2/b23-20+. The van der Waals surface area contributed by atoms with Gasteiger partial charge in [0.05, 0.1) is 12.9 Å². The van der Waals surface area contributed by atoms with E-state index in [9.17, 15) is 4.39 Å². The quantitative estimate of drug-likeness (QED) is 0.393. The number of hydrogen-bond acceptors (Lipinski definition) is 3. The molecule has 0 spiro atoms. The molecule has 25 heavy (non-hydrogen) atoms. The normalized spacial score (nSPS) is 11.1. The molecule has 0 saturated heterocycles. The summed E-state index contributed by atoms with van der Waals surface area (Å²) in [5.41, 5.74) is 2.81. The molecule has 0 aliphatic heterocycles. The molecule has 0 fully saturated rings. The molecule has 0 aliphatic rings. The number of halogens is 1. The van der Waals surface area contributed by atoms with Gasteiger partial charge in [-0.1, -0.05) is 41.4 Å². The Morgan fingerprint density at radius 3 is 2.68 bits per heavy atom. The molecular weight excluding hydrogens is 317 g/mol. The lowest BCUT2D eigenvalue weighted by molar-refractivity contribution is 0.127. The van der Waals surface area contributed by atoms with E-state index < -0.39 is 0 Å². The van der Waals surface area contributed by atoms with E-state index in [2.05, 4.69) is 16.1 Å². The number of nitrogens with zero attached hydrogens (tertiary/aromatic N) is 3. The fraction of sp³-hybridized carbons (Fsp3) is 0.100. The molecule has 5 heteroatoms. The van der Waals surface area contributed by atoms with Gasteiger partial charge >= 0.3 is 0 Å². The molecule has 0 N–H and O–H groups in total. The molecule has 3 rings (SSSR count). The first kappa shape index (κ1) is 16.5. The lowest BCUT2D eigenvalue weighted by Crippen LogP contribution is -2.11. The summed E-state index contributed by atoms with van der Waals surface area (Å²) in [6.07, 6.45) is 10.6. The molecule has 1 aromatic heterocycles. The first-order valence-electron chi connectivity index (χ1n) is 7.71. The summed E-state index contributed by atoms with van der Waals surface area (Å²) in [5.74, 6) is 2.27. The van der Waals surface area contributed by atoms with Gasteiger partial charge in [-0.2, -0.15) is 0 Å². The van der Waals surface area contributed by atoms with Crippen LogP contribution in [0.25, 0.3) is 0 Å². The molecule has 0 unspecified atom stereocenters. The molecule has 0 saturated carbocycles. The summed E-state index contributed by atoms with van der Waals surface area (Å²) in [7, 11) is 0. The number of benzene rings is 2. The van der Waals surface area contributed by atoms with Crippen LogP contribution in [0.1, 0.15) is 16.7 Å². The Morgan fingerprint density at radius 1 is 1.20 bits per heavy atom. The van der Waals surface area contributed by atoms with Gasteiger partial charge in [-0.3, -0.25) is 0 Å². The first-order valence-corrected chi connectivity index (χ1v) is 7.71. The molecule has 4 nitrogen and oxygen atoms in total. The van der Waals surface area contributed by atoms with E-state index >= 15 is 0 Å². The van der Waals surface area contributed by atoms with Crippen LogP contribution >= 0.6 is 0 Å². The lowest BCUT2D eigenvalue weighted by atomic mass is 10.1. The summed E-state index contributed by atoms with van der Waals surface area (Å²) in [6, 6.07) is 13.9. The highest BCUT2D eigenvalue weighted by atomic mass is 19.1. The van der Waals surface area contributed by atoms with Gasteiger partial charge in [-0.05, 0) is 18.2 Å². The maximum absolute atomic E-state index is 13.7. The molecular formula is C20H16FN3O. The van der Waals surface area contributed by atoms with Crippen LogP contribution in [0.5, 0.6) is 0 Å². The summed E-state index contributed by atoms with van der Waals surface area (Å²) in [5, 5.41) is 4.21. The van der Waals surface area contributed by atoms with Crippen molar-refractivity contribution in [1.82, 2.24) is 9.55 Å². The minimum absolute atomic E-state index is 0.0581. The number of terminal acetylenes is 1. The Balaban J connectivity index is 1.79. The smallest absolute Gasteiger partial charge is 0.145 e. The van der Waals surface area contributed by atoms with Gasteiger partial charge in [-0.25, -0.2) is 9.37 Å². The van der Waals surface area contributed by atoms with Crippen LogP contribution in [0.2, 0.25) is 0 Å². The highest BCUT2D eigenvalue weighted by molar-refractivity contribution is 6.00. The second-order valence-electron chi connectivity index (χ2n) is 5.36. The third-order valence-electron chi connectivity index (χ3n) is 3.63. The minimum Gasteiger partial charge on any atom is -0.391 e. The zero-order chi connectivity index (χ0) is 17.5. The third kappa shape index (κ3) is 4.33. The van der Waals surface area contributed by atoms with E-state index in [0.29, 0.717) is 17.8 Å². The van der Waals surface area contributed by atoms with Crippen LogP contribution in [0.3, 0.4) is 0 Å². The van der Waals surface area contributed by atoms with Gasteiger partial charge in [-0.15, -0.1) is 6.42 Å². The van der Waals surface area contributed by atoms with E-state index in [-0.39, 0.29) is 12.4 Å². The third-order valence-corrected chi connectivity index (χ3v) is 3.63. The Bertz CT molecular complexity index is 893. The number of oxime groups is 1. The molecule has 0 amide bonds. The van der Waals surface area contributed by atoms with Crippen LogP contribution in [-0.4, -0.2) is 15.3 Å². The van der Waals surface area contributed by atoms with Crippen LogP contribution < -0.4 is 0 Å². The van der Waals surface area contributed by atoms with Gasteiger partial charge in [0, 0.05) is 29.1 Å². The van der Waals surface area contributed by atoms with Crippen molar-refractivity contribution in [2.45, 2.75) is 13.2 Å². The number of aromatic nitrogens is 2. The number of imidazole rings is 1. The zero-order valence-electron chi connectivity index (χ0n) is 13.5. The van der Waals surface area contributed by atoms with Crippen molar-refractivity contribution >= 4 is 5.71 Å². The second-order valence-corrected chi connectivity index (χ2v) is 5.36. The Morgan fingerprint density at radius 2 is 2.00 bits per heavy atom. The van der Waals surface area contributed by atoms with Crippen molar-refractivity contribution in [3.63, 3.8) is 0 Å². The van der Waals surface area contributed by atoms with Crippen LogP contribution in [-0.2, 0) is 18.0 Å². The fourth-order valence-corrected chi connectivity index (χ4v) is 2.28. The Kier molecular flexibility index (Phi) is 5.22. The van der Waals surface area contributed by atoms with Gasteiger partial charge < -0.3 is 9.40 Å². The monoisotopic (exact) mass is 333 g/mol. The van der Waals surface area contributed by atoms with Crippen molar-refractivity contribution in [2.24, 2.45) is 5.16 Å². The van der Waals surface area contributed by atoms with E-state index in [0.717, 1.165) is 11.1 Å². The Hall–Kier alpha value is -3.39. The SMILES string of the molecule is C#Cc1ccc(/C(Cn2ccnc2)=N/OCc2ccccc2F)cc1. The predicted molar refractivity (Wildman–Crippen MR) is 94.3 cm³/mol. The van der Waals surface area contributed by atoms with Crippen LogP contribution in [0.4, 0.5) is 4.39 Å². The largest absolute Gasteiger partial charge is 0.391 e. The van der Waals surface area contributed by atoms with Gasteiger partial charge in [0.2, 0.25) is 0 Å². The molecule has 0 aliphatic carbocycles. The summed E-state index contributed by atoms with van der Waals surface area (Å²) < 4.78 is 15.5. The van der Waals surface area contributed by atoms with Crippen LogP contribution in [0, 0.1) is 18.2 Å². The second kappa shape index (κ2) is 7.93.